The van der Waals surface area contributed by atoms with Crippen LogP contribution in [0.3, 0.4) is 0 Å². The van der Waals surface area contributed by atoms with Crippen molar-refractivity contribution in [2.45, 2.75) is 44.4 Å². The molecule has 3 rings (SSSR count). The fourth-order valence-corrected chi connectivity index (χ4v) is 3.73. The summed E-state index contributed by atoms with van der Waals surface area (Å²) in [6.45, 7) is 6.02. The first-order valence-electron chi connectivity index (χ1n) is 6.99. The lowest BCUT2D eigenvalue weighted by Gasteiger charge is -2.38. The predicted octanol–water partition coefficient (Wildman–Crippen LogP) is 2.22. The second kappa shape index (κ2) is 5.48. The molecule has 1 aromatic rings. The van der Waals surface area contributed by atoms with E-state index >= 15 is 0 Å². The van der Waals surface area contributed by atoms with Crippen molar-refractivity contribution in [3.05, 3.63) is 16.1 Å². The highest BCUT2D eigenvalue weighted by Gasteiger charge is 2.42. The molecule has 2 fully saturated rings. The van der Waals surface area contributed by atoms with Gasteiger partial charge >= 0.3 is 0 Å². The summed E-state index contributed by atoms with van der Waals surface area (Å²) < 4.78 is 11.4. The number of hydrogen-bond acceptors (Lipinski definition) is 5. The van der Waals surface area contributed by atoms with Crippen molar-refractivity contribution < 1.29 is 9.47 Å². The molecule has 0 bridgehead atoms. The van der Waals surface area contributed by atoms with Crippen LogP contribution in [0.15, 0.2) is 5.38 Å². The van der Waals surface area contributed by atoms with E-state index in [2.05, 4.69) is 22.2 Å². The van der Waals surface area contributed by atoms with E-state index in [0.717, 1.165) is 50.5 Å². The van der Waals surface area contributed by atoms with Gasteiger partial charge in [-0.3, -0.25) is 4.90 Å². The van der Waals surface area contributed by atoms with Crippen molar-refractivity contribution in [1.29, 1.82) is 0 Å². The van der Waals surface area contributed by atoms with E-state index in [0.29, 0.717) is 6.10 Å². The number of piperidine rings is 1. The minimum absolute atomic E-state index is 0.0924. The van der Waals surface area contributed by atoms with Gasteiger partial charge in [0.2, 0.25) is 0 Å². The highest BCUT2D eigenvalue weighted by molar-refractivity contribution is 7.09. The zero-order chi connectivity index (χ0) is 13.3. The fraction of sp³-hybridized carbons (Fsp3) is 0.786. The number of ether oxygens (including phenoxy) is 2. The van der Waals surface area contributed by atoms with Crippen LogP contribution in [0, 0.1) is 6.92 Å². The number of aromatic nitrogens is 1. The molecule has 5 heteroatoms. The molecule has 19 heavy (non-hydrogen) atoms. The van der Waals surface area contributed by atoms with Crippen molar-refractivity contribution in [1.82, 2.24) is 9.88 Å². The molecule has 1 unspecified atom stereocenters. The van der Waals surface area contributed by atoms with Crippen LogP contribution >= 0.6 is 11.3 Å². The van der Waals surface area contributed by atoms with Crippen LogP contribution in [-0.4, -0.2) is 48.4 Å². The minimum atomic E-state index is 0.0924. The van der Waals surface area contributed by atoms with Crippen molar-refractivity contribution in [2.24, 2.45) is 0 Å². The number of thiazole rings is 1. The van der Waals surface area contributed by atoms with Crippen LogP contribution < -0.4 is 0 Å². The van der Waals surface area contributed by atoms with E-state index in [1.54, 1.807) is 18.4 Å². The van der Waals surface area contributed by atoms with Gasteiger partial charge < -0.3 is 9.47 Å². The quantitative estimate of drug-likeness (QED) is 0.851. The highest BCUT2D eigenvalue weighted by atomic mass is 32.1. The Hall–Kier alpha value is -0.490. The van der Waals surface area contributed by atoms with Gasteiger partial charge in [-0.2, -0.15) is 0 Å². The standard InChI is InChI=1S/C14H22N2O2S/c1-11-15-12(10-19-11)8-16-5-3-14(4-6-16)7-13(17-2)9-18-14/h10,13H,3-9H2,1-2H3. The Bertz CT molecular complexity index is 427. The van der Waals surface area contributed by atoms with E-state index in [1.807, 2.05) is 0 Å². The summed E-state index contributed by atoms with van der Waals surface area (Å²) in [5.74, 6) is 0. The molecule has 1 spiro atoms. The van der Waals surface area contributed by atoms with Crippen LogP contribution in [0.4, 0.5) is 0 Å². The lowest BCUT2D eigenvalue weighted by molar-refractivity contribution is -0.0461. The second-order valence-electron chi connectivity index (χ2n) is 5.69. The van der Waals surface area contributed by atoms with Gasteiger partial charge in [-0.1, -0.05) is 0 Å². The maximum atomic E-state index is 6.02. The molecular formula is C14H22N2O2S. The summed E-state index contributed by atoms with van der Waals surface area (Å²) in [4.78, 5) is 7.03. The number of rotatable bonds is 3. The van der Waals surface area contributed by atoms with Gasteiger partial charge in [0.15, 0.2) is 0 Å². The van der Waals surface area contributed by atoms with Gasteiger partial charge in [-0.15, -0.1) is 11.3 Å². The summed E-state index contributed by atoms with van der Waals surface area (Å²) in [6.07, 6.45) is 3.60. The van der Waals surface area contributed by atoms with E-state index < -0.39 is 0 Å². The summed E-state index contributed by atoms with van der Waals surface area (Å²) in [7, 11) is 1.78. The first kappa shape index (κ1) is 13.5. The molecular weight excluding hydrogens is 260 g/mol. The summed E-state index contributed by atoms with van der Waals surface area (Å²) in [5, 5.41) is 3.33. The molecule has 106 valence electrons. The monoisotopic (exact) mass is 282 g/mol. The van der Waals surface area contributed by atoms with Gasteiger partial charge in [0.25, 0.3) is 0 Å². The number of methoxy groups -OCH3 is 1. The maximum absolute atomic E-state index is 6.02. The molecule has 4 nitrogen and oxygen atoms in total. The normalized spacial score (nSPS) is 27.2. The molecule has 0 aromatic carbocycles. The molecule has 0 aliphatic carbocycles. The lowest BCUT2D eigenvalue weighted by atomic mass is 9.88. The minimum Gasteiger partial charge on any atom is -0.379 e. The van der Waals surface area contributed by atoms with Crippen LogP contribution in [-0.2, 0) is 16.0 Å². The van der Waals surface area contributed by atoms with E-state index in [4.69, 9.17) is 9.47 Å². The van der Waals surface area contributed by atoms with E-state index in [9.17, 15) is 0 Å². The van der Waals surface area contributed by atoms with E-state index in [1.165, 1.54) is 5.69 Å². The molecule has 0 N–H and O–H groups in total. The molecule has 2 aliphatic rings. The lowest BCUT2D eigenvalue weighted by Crippen LogP contribution is -2.43. The summed E-state index contributed by atoms with van der Waals surface area (Å²) >= 11 is 1.74. The third kappa shape index (κ3) is 2.99. The van der Waals surface area contributed by atoms with Crippen molar-refractivity contribution in [3.8, 4) is 0 Å². The van der Waals surface area contributed by atoms with Gasteiger partial charge in [0.1, 0.15) is 0 Å². The SMILES string of the molecule is COC1COC2(CCN(Cc3csc(C)n3)CC2)C1. The number of likely N-dealkylation sites (tertiary alicyclic amines) is 1. The molecule has 0 amide bonds. The molecule has 0 saturated carbocycles. The second-order valence-corrected chi connectivity index (χ2v) is 6.75. The Labute approximate surface area is 118 Å². The number of aryl methyl sites for hydroxylation is 1. The predicted molar refractivity (Wildman–Crippen MR) is 75.5 cm³/mol. The first-order chi connectivity index (χ1) is 9.19. The van der Waals surface area contributed by atoms with Gasteiger partial charge in [0, 0.05) is 38.5 Å². The zero-order valence-electron chi connectivity index (χ0n) is 11.7. The highest BCUT2D eigenvalue weighted by Crippen LogP contribution is 2.37. The Kier molecular flexibility index (Phi) is 3.89. The Morgan fingerprint density at radius 3 is 2.89 bits per heavy atom. The third-order valence-electron chi connectivity index (χ3n) is 4.33. The third-order valence-corrected chi connectivity index (χ3v) is 5.15. The molecule has 3 heterocycles. The largest absolute Gasteiger partial charge is 0.379 e. The molecule has 1 aromatic heterocycles. The zero-order valence-corrected chi connectivity index (χ0v) is 12.5. The maximum Gasteiger partial charge on any atom is 0.0897 e. The Balaban J connectivity index is 1.52. The van der Waals surface area contributed by atoms with Gasteiger partial charge in [0.05, 0.1) is 29.0 Å². The topological polar surface area (TPSA) is 34.6 Å². The van der Waals surface area contributed by atoms with Crippen LogP contribution in [0.25, 0.3) is 0 Å². The summed E-state index contributed by atoms with van der Waals surface area (Å²) in [5.41, 5.74) is 1.30. The summed E-state index contributed by atoms with van der Waals surface area (Å²) in [6, 6.07) is 0. The van der Waals surface area contributed by atoms with E-state index in [-0.39, 0.29) is 5.60 Å². The van der Waals surface area contributed by atoms with Crippen LogP contribution in [0.1, 0.15) is 30.0 Å². The Morgan fingerprint density at radius 1 is 1.53 bits per heavy atom. The van der Waals surface area contributed by atoms with Crippen LogP contribution in [0.2, 0.25) is 0 Å². The van der Waals surface area contributed by atoms with Crippen molar-refractivity contribution in [3.63, 3.8) is 0 Å². The number of hydrogen-bond donors (Lipinski definition) is 0. The smallest absolute Gasteiger partial charge is 0.0897 e. The molecule has 0 radical (unpaired) electrons. The van der Waals surface area contributed by atoms with Crippen molar-refractivity contribution >= 4 is 11.3 Å². The molecule has 1 atom stereocenters. The van der Waals surface area contributed by atoms with Gasteiger partial charge in [-0.05, 0) is 19.8 Å². The fourth-order valence-electron chi connectivity index (χ4n) is 3.13. The number of nitrogens with zero attached hydrogens (tertiary/aromatic N) is 2. The van der Waals surface area contributed by atoms with Crippen LogP contribution in [0.5, 0.6) is 0 Å². The van der Waals surface area contributed by atoms with Crippen molar-refractivity contribution in [2.75, 3.05) is 26.8 Å². The average molecular weight is 282 g/mol. The Morgan fingerprint density at radius 2 is 2.32 bits per heavy atom. The molecule has 2 saturated heterocycles. The first-order valence-corrected chi connectivity index (χ1v) is 7.87. The average Bonchev–Trinajstić information content (AvgIpc) is 3.00. The van der Waals surface area contributed by atoms with Gasteiger partial charge in [-0.25, -0.2) is 4.98 Å². The molecule has 2 aliphatic heterocycles.